The van der Waals surface area contributed by atoms with Crippen LogP contribution in [-0.2, 0) is 14.3 Å². The maximum Gasteiger partial charge on any atom is 0.529 e. The number of carbonyl (C=O) groups is 3. The Morgan fingerprint density at radius 1 is 1.36 bits per heavy atom. The van der Waals surface area contributed by atoms with E-state index in [-0.39, 0.29) is 6.42 Å². The second kappa shape index (κ2) is 5.33. The largest absolute Gasteiger partial charge is 0.609 e. The molecule has 1 heterocycles. The van der Waals surface area contributed by atoms with Gasteiger partial charge in [0.2, 0.25) is 0 Å². The summed E-state index contributed by atoms with van der Waals surface area (Å²) in [6, 6.07) is 0. The second-order valence-electron chi connectivity index (χ2n) is 6.58. The van der Waals surface area contributed by atoms with Crippen molar-refractivity contribution in [1.82, 2.24) is 0 Å². The van der Waals surface area contributed by atoms with E-state index in [0.717, 1.165) is 12.3 Å². The summed E-state index contributed by atoms with van der Waals surface area (Å²) >= 11 is 0. The van der Waals surface area contributed by atoms with Gasteiger partial charge in [-0.15, -0.1) is 0 Å². The summed E-state index contributed by atoms with van der Waals surface area (Å²) < 4.78 is 3.16. The molecule has 0 aromatic heterocycles. The van der Waals surface area contributed by atoms with E-state index < -0.39 is 34.1 Å². The van der Waals surface area contributed by atoms with Gasteiger partial charge in [0.25, 0.3) is 0 Å². The molecule has 1 aliphatic carbocycles. The first-order valence-electron chi connectivity index (χ1n) is 7.06. The van der Waals surface area contributed by atoms with Crippen molar-refractivity contribution in [3.63, 3.8) is 0 Å². The molecule has 2 amide bonds. The van der Waals surface area contributed by atoms with Gasteiger partial charge in [-0.05, 0) is 45.6 Å². The number of carboxylic acids is 1. The van der Waals surface area contributed by atoms with E-state index in [4.69, 9.17) is 9.84 Å². The summed E-state index contributed by atoms with van der Waals surface area (Å²) in [5.41, 5.74) is 0.181. The van der Waals surface area contributed by atoms with Gasteiger partial charge < -0.3 is 15.1 Å². The van der Waals surface area contributed by atoms with Gasteiger partial charge in [-0.2, -0.15) is 9.44 Å². The van der Waals surface area contributed by atoms with E-state index in [1.165, 1.54) is 0 Å². The van der Waals surface area contributed by atoms with Crippen LogP contribution in [0.4, 0.5) is 4.79 Å². The zero-order chi connectivity index (χ0) is 16.7. The number of nitrogens with zero attached hydrogens (tertiary/aromatic N) is 1. The Balaban J connectivity index is 2.31. The molecule has 120 valence electrons. The molecule has 0 bridgehead atoms. The van der Waals surface area contributed by atoms with Crippen molar-refractivity contribution in [2.24, 2.45) is 5.92 Å². The van der Waals surface area contributed by atoms with E-state index in [0.29, 0.717) is 24.0 Å². The van der Waals surface area contributed by atoms with Crippen LogP contribution in [0.3, 0.4) is 0 Å². The molecule has 0 aromatic carbocycles. The average Bonchev–Trinajstić information content (AvgIpc) is 2.37. The molecule has 1 unspecified atom stereocenters. The molecule has 1 fully saturated rings. The number of allylic oxidation sites excluding steroid dienone is 2. The average molecular weight is 309 g/mol. The van der Waals surface area contributed by atoms with Crippen molar-refractivity contribution in [3.05, 3.63) is 28.6 Å². The third-order valence-electron chi connectivity index (χ3n) is 3.62. The molecular weight excluding hydrogens is 290 g/mol. The third kappa shape index (κ3) is 3.10. The molecule has 22 heavy (non-hydrogen) atoms. The summed E-state index contributed by atoms with van der Waals surface area (Å²) in [7, 11) is 0. The standard InChI is InChI=1S/C15H19NO6/c1-15(2,3)22-14(20)16(21)8-11-6-10(13(18)19)5-4-9(11)7-12(16)17/h7-8,10H,4-6H2,1-3H3,(H,18,19)/t10-,16?/m0/s1. The highest BCUT2D eigenvalue weighted by molar-refractivity contribution is 5.93. The first-order valence-corrected chi connectivity index (χ1v) is 7.06. The van der Waals surface area contributed by atoms with Crippen molar-refractivity contribution in [1.29, 1.82) is 0 Å². The number of carboxylic acid groups (broad SMARTS) is 1. The van der Waals surface area contributed by atoms with Crippen molar-refractivity contribution < 1.29 is 28.9 Å². The molecule has 7 heteroatoms. The second-order valence-corrected chi connectivity index (χ2v) is 6.58. The molecule has 0 saturated heterocycles. The Morgan fingerprint density at radius 3 is 2.55 bits per heavy atom. The Morgan fingerprint density at radius 2 is 2.00 bits per heavy atom. The van der Waals surface area contributed by atoms with Gasteiger partial charge in [-0.3, -0.25) is 4.79 Å². The van der Waals surface area contributed by atoms with E-state index in [1.54, 1.807) is 20.8 Å². The van der Waals surface area contributed by atoms with Gasteiger partial charge in [0.1, 0.15) is 11.8 Å². The Bertz CT molecular complexity index is 598. The number of hydrogen-bond donors (Lipinski definition) is 1. The van der Waals surface area contributed by atoms with Crippen LogP contribution in [0.1, 0.15) is 40.0 Å². The van der Waals surface area contributed by atoms with E-state index in [2.05, 4.69) is 0 Å². The highest BCUT2D eigenvalue weighted by Crippen LogP contribution is 2.37. The lowest BCUT2D eigenvalue weighted by atomic mass is 9.81. The lowest BCUT2D eigenvalue weighted by Gasteiger charge is -2.37. The van der Waals surface area contributed by atoms with Gasteiger partial charge in [-0.1, -0.05) is 0 Å². The Labute approximate surface area is 128 Å². The van der Waals surface area contributed by atoms with Gasteiger partial charge in [-0.25, -0.2) is 4.79 Å². The van der Waals surface area contributed by atoms with Crippen molar-refractivity contribution in [2.45, 2.75) is 45.6 Å². The lowest BCUT2D eigenvalue weighted by molar-refractivity contribution is -0.671. The summed E-state index contributed by atoms with van der Waals surface area (Å²) in [4.78, 5) is 35.2. The minimum atomic E-state index is -1.86. The smallest absolute Gasteiger partial charge is 0.529 e. The van der Waals surface area contributed by atoms with Crippen LogP contribution in [0, 0.1) is 11.1 Å². The highest BCUT2D eigenvalue weighted by atomic mass is 16.7. The van der Waals surface area contributed by atoms with E-state index in [1.807, 2.05) is 0 Å². The van der Waals surface area contributed by atoms with E-state index in [9.17, 15) is 19.6 Å². The van der Waals surface area contributed by atoms with Crippen LogP contribution >= 0.6 is 0 Å². The van der Waals surface area contributed by atoms with Crippen LogP contribution in [-0.4, -0.2) is 33.3 Å². The Hall–Kier alpha value is -1.99. The van der Waals surface area contributed by atoms with Crippen LogP contribution < -0.4 is 0 Å². The van der Waals surface area contributed by atoms with Crippen molar-refractivity contribution in [3.8, 4) is 0 Å². The monoisotopic (exact) mass is 309 g/mol. The number of carbonyl (C=O) groups excluding carboxylic acids is 2. The normalized spacial score (nSPS) is 28.4. The molecular formula is C15H19NO6. The van der Waals surface area contributed by atoms with Gasteiger partial charge in [0, 0.05) is 11.6 Å². The number of imide groups is 1. The van der Waals surface area contributed by atoms with Crippen LogP contribution in [0.2, 0.25) is 0 Å². The topological polar surface area (TPSA) is 104 Å². The number of hydroxylamine groups is 3. The highest BCUT2D eigenvalue weighted by Gasteiger charge is 2.43. The number of quaternary nitrogens is 1. The summed E-state index contributed by atoms with van der Waals surface area (Å²) in [5, 5.41) is 21.7. The maximum atomic E-state index is 12.6. The number of fused-ring (bicyclic) bond motifs is 1. The molecule has 2 rings (SSSR count). The molecule has 7 nitrogen and oxygen atoms in total. The van der Waals surface area contributed by atoms with Crippen LogP contribution in [0.15, 0.2) is 23.4 Å². The molecule has 0 radical (unpaired) electrons. The molecule has 1 aliphatic heterocycles. The minimum Gasteiger partial charge on any atom is -0.609 e. The first kappa shape index (κ1) is 16.4. The Kier molecular flexibility index (Phi) is 3.97. The molecule has 1 N–H and O–H groups in total. The van der Waals surface area contributed by atoms with Gasteiger partial charge in [0.05, 0.1) is 5.92 Å². The fourth-order valence-electron chi connectivity index (χ4n) is 2.50. The number of aliphatic carboxylic acids is 1. The number of ether oxygens (including phenoxy) is 1. The number of rotatable bonds is 1. The maximum absolute atomic E-state index is 12.6. The number of hydrogen-bond acceptors (Lipinski definition) is 5. The van der Waals surface area contributed by atoms with Gasteiger partial charge in [0.15, 0.2) is 0 Å². The molecule has 1 saturated carbocycles. The summed E-state index contributed by atoms with van der Waals surface area (Å²) in [6.07, 6.45) is 1.88. The quantitative estimate of drug-likeness (QED) is 0.589. The van der Waals surface area contributed by atoms with Gasteiger partial charge >= 0.3 is 18.0 Å². The summed E-state index contributed by atoms with van der Waals surface area (Å²) in [5.74, 6) is -2.47. The number of amides is 2. The zero-order valence-electron chi connectivity index (χ0n) is 12.8. The van der Waals surface area contributed by atoms with Crippen molar-refractivity contribution in [2.75, 3.05) is 0 Å². The zero-order valence-corrected chi connectivity index (χ0v) is 12.8. The van der Waals surface area contributed by atoms with Crippen LogP contribution in [0.5, 0.6) is 0 Å². The lowest BCUT2D eigenvalue weighted by Crippen LogP contribution is -2.51. The molecule has 0 aromatic rings. The fourth-order valence-corrected chi connectivity index (χ4v) is 2.50. The summed E-state index contributed by atoms with van der Waals surface area (Å²) in [6.45, 7) is 4.79. The minimum absolute atomic E-state index is 0.138. The molecule has 2 aliphatic rings. The van der Waals surface area contributed by atoms with Crippen molar-refractivity contribution >= 4 is 18.0 Å². The predicted molar refractivity (Wildman–Crippen MR) is 76.0 cm³/mol. The third-order valence-corrected chi connectivity index (χ3v) is 3.62. The molecule has 2 atom stereocenters. The fraction of sp³-hybridized carbons (Fsp3) is 0.533. The van der Waals surface area contributed by atoms with Crippen LogP contribution in [0.25, 0.3) is 0 Å². The van der Waals surface area contributed by atoms with E-state index >= 15 is 0 Å². The predicted octanol–water partition coefficient (Wildman–Crippen LogP) is 2.47. The first-order chi connectivity index (χ1) is 10.0. The SMILES string of the molecule is CC(C)(C)OC(=O)[N+]1([O-])C=C2C[C@@H](C(=O)O)CCC2=CC1=O. The molecule has 0 spiro atoms.